The monoisotopic (exact) mass is 520 g/mol. The second-order valence-corrected chi connectivity index (χ2v) is 7.00. The van der Waals surface area contributed by atoms with Gasteiger partial charge in [-0.15, -0.1) is 0 Å². The van der Waals surface area contributed by atoms with E-state index < -0.39 is 5.91 Å². The molecule has 0 unspecified atom stereocenters. The van der Waals surface area contributed by atoms with E-state index >= 15 is 0 Å². The fourth-order valence-corrected chi connectivity index (χ4v) is 2.84. The molecule has 1 amide bonds. The number of nitrogens with one attached hydrogen (secondary N) is 1. The molecule has 0 saturated heterocycles. The van der Waals surface area contributed by atoms with Crippen molar-refractivity contribution in [3.05, 3.63) is 49.3 Å². The fraction of sp³-hybridized carbons (Fsp3) is 0.0667. The molecule has 0 aliphatic carbocycles. The highest BCUT2D eigenvalue weighted by atomic mass is 79.9. The third-order valence-electron chi connectivity index (χ3n) is 2.75. The van der Waals surface area contributed by atoms with Gasteiger partial charge in [-0.2, -0.15) is 5.10 Å². The van der Waals surface area contributed by atoms with Crippen molar-refractivity contribution in [2.45, 2.75) is 0 Å². The molecule has 2 rings (SSSR count). The van der Waals surface area contributed by atoms with Crippen LogP contribution < -0.4 is 10.2 Å². The summed E-state index contributed by atoms with van der Waals surface area (Å²) in [4.78, 5) is 11.7. The zero-order valence-corrected chi connectivity index (χ0v) is 16.7. The van der Waals surface area contributed by atoms with E-state index in [1.165, 1.54) is 12.3 Å². The molecule has 6 nitrogen and oxygen atoms in total. The van der Waals surface area contributed by atoms with Gasteiger partial charge in [-0.3, -0.25) is 4.79 Å². The van der Waals surface area contributed by atoms with Gasteiger partial charge in [0.25, 0.3) is 5.91 Å². The molecular weight excluding hydrogens is 512 g/mol. The molecule has 2 aromatic rings. The Kier molecular flexibility index (Phi) is 6.64. The summed E-state index contributed by atoms with van der Waals surface area (Å²) in [6, 6.07) is 8.42. The van der Waals surface area contributed by atoms with Crippen molar-refractivity contribution in [1.29, 1.82) is 0 Å². The molecule has 0 aliphatic heterocycles. The molecule has 9 heteroatoms. The van der Waals surface area contributed by atoms with Crippen molar-refractivity contribution in [2.24, 2.45) is 5.10 Å². The highest BCUT2D eigenvalue weighted by Crippen LogP contribution is 2.40. The average molecular weight is 523 g/mol. The van der Waals surface area contributed by atoms with Crippen molar-refractivity contribution in [1.82, 2.24) is 5.43 Å². The normalized spacial score (nSPS) is 10.8. The topological polar surface area (TPSA) is 91.2 Å². The van der Waals surface area contributed by atoms with Gasteiger partial charge in [0.1, 0.15) is 5.75 Å². The molecule has 0 spiro atoms. The number of hydrogen-bond donors (Lipinski definition) is 3. The number of carbonyl (C=O) groups excluding carboxylic acids is 1. The molecule has 0 atom stereocenters. The summed E-state index contributed by atoms with van der Waals surface area (Å²) in [6.45, 7) is -0.195. The fourth-order valence-electron chi connectivity index (χ4n) is 1.63. The minimum atomic E-state index is -0.440. The number of hydrogen-bond acceptors (Lipinski definition) is 5. The Balaban J connectivity index is 1.93. The number of amides is 1. The summed E-state index contributed by atoms with van der Waals surface area (Å²) < 4.78 is 6.94. The Morgan fingerprint density at radius 3 is 2.67 bits per heavy atom. The van der Waals surface area contributed by atoms with Crippen molar-refractivity contribution in [2.75, 3.05) is 6.61 Å². The maximum Gasteiger partial charge on any atom is 0.277 e. The molecule has 0 aliphatic rings. The molecule has 0 aromatic heterocycles. The number of halogens is 3. The summed E-state index contributed by atoms with van der Waals surface area (Å²) in [5, 5.41) is 22.9. The largest absolute Gasteiger partial charge is 0.504 e. The molecular formula is C15H11Br3N2O4. The molecule has 0 saturated carbocycles. The lowest BCUT2D eigenvalue weighted by Gasteiger charge is -2.07. The van der Waals surface area contributed by atoms with Crippen molar-refractivity contribution in [3.8, 4) is 17.2 Å². The van der Waals surface area contributed by atoms with E-state index in [1.54, 1.807) is 18.2 Å². The molecule has 0 heterocycles. The Morgan fingerprint density at radius 1 is 1.21 bits per heavy atom. The first-order valence-corrected chi connectivity index (χ1v) is 8.86. The zero-order chi connectivity index (χ0) is 17.7. The van der Waals surface area contributed by atoms with Gasteiger partial charge in [-0.1, -0.05) is 22.0 Å². The maximum atomic E-state index is 11.7. The summed E-state index contributed by atoms with van der Waals surface area (Å²) in [5.74, 6) is -0.482. The van der Waals surface area contributed by atoms with Crippen LogP contribution in [0.1, 0.15) is 5.56 Å². The van der Waals surface area contributed by atoms with Crippen LogP contribution in [0.25, 0.3) is 0 Å². The van der Waals surface area contributed by atoms with E-state index in [0.717, 1.165) is 4.47 Å². The van der Waals surface area contributed by atoms with Crippen LogP contribution >= 0.6 is 47.8 Å². The van der Waals surface area contributed by atoms with Crippen LogP contribution in [0.3, 0.4) is 0 Å². The molecule has 3 N–H and O–H groups in total. The summed E-state index contributed by atoms with van der Waals surface area (Å²) >= 11 is 9.69. The number of rotatable bonds is 5. The van der Waals surface area contributed by atoms with Gasteiger partial charge in [0.2, 0.25) is 0 Å². The van der Waals surface area contributed by atoms with Gasteiger partial charge in [0, 0.05) is 14.5 Å². The third-order valence-corrected chi connectivity index (χ3v) is 5.40. The lowest BCUT2D eigenvalue weighted by Crippen LogP contribution is -2.24. The minimum absolute atomic E-state index is 0.195. The van der Waals surface area contributed by atoms with Gasteiger partial charge in [0.15, 0.2) is 18.1 Å². The predicted octanol–water partition coefficient (Wildman–Crippen LogP) is 3.91. The smallest absolute Gasteiger partial charge is 0.277 e. The van der Waals surface area contributed by atoms with Gasteiger partial charge < -0.3 is 14.9 Å². The molecule has 24 heavy (non-hydrogen) atoms. The molecule has 0 radical (unpaired) electrons. The van der Waals surface area contributed by atoms with Crippen LogP contribution in [0.5, 0.6) is 17.2 Å². The van der Waals surface area contributed by atoms with Crippen molar-refractivity contribution in [3.63, 3.8) is 0 Å². The highest BCUT2D eigenvalue weighted by molar-refractivity contribution is 9.13. The van der Waals surface area contributed by atoms with Gasteiger partial charge in [-0.05, 0) is 56.1 Å². The number of nitrogens with zero attached hydrogens (tertiary/aromatic N) is 1. The second-order valence-electron chi connectivity index (χ2n) is 4.50. The number of phenols is 2. The molecule has 126 valence electrons. The Hall–Kier alpha value is -1.58. The standard InChI is InChI=1S/C15H11Br3N2O4/c16-9-2-1-3-10(5-9)24-7-12(22)20-19-6-8-4-11(21)15(23)14(18)13(8)17/h1-6,21,23H,7H2,(H,20,22)/b19-6-. The van der Waals surface area contributed by atoms with Crippen LogP contribution in [-0.4, -0.2) is 28.9 Å². The Morgan fingerprint density at radius 2 is 1.96 bits per heavy atom. The van der Waals surface area contributed by atoms with E-state index in [1.807, 2.05) is 6.07 Å². The van der Waals surface area contributed by atoms with E-state index in [0.29, 0.717) is 15.8 Å². The van der Waals surface area contributed by atoms with Crippen LogP contribution in [0.15, 0.2) is 48.9 Å². The molecule has 0 bridgehead atoms. The van der Waals surface area contributed by atoms with E-state index in [-0.39, 0.29) is 22.6 Å². The highest BCUT2D eigenvalue weighted by Gasteiger charge is 2.12. The van der Waals surface area contributed by atoms with Crippen LogP contribution in [-0.2, 0) is 4.79 Å². The van der Waals surface area contributed by atoms with Gasteiger partial charge >= 0.3 is 0 Å². The number of carbonyl (C=O) groups is 1. The molecule has 0 fully saturated rings. The quantitative estimate of drug-likeness (QED) is 0.315. The number of hydrazone groups is 1. The number of aromatic hydroxyl groups is 2. The lowest BCUT2D eigenvalue weighted by molar-refractivity contribution is -0.123. The van der Waals surface area contributed by atoms with Crippen LogP contribution in [0.4, 0.5) is 0 Å². The summed E-state index contributed by atoms with van der Waals surface area (Å²) in [7, 11) is 0. The first kappa shape index (κ1) is 18.8. The maximum absolute atomic E-state index is 11.7. The molecule has 2 aromatic carbocycles. The second kappa shape index (κ2) is 8.50. The van der Waals surface area contributed by atoms with E-state index in [4.69, 9.17) is 4.74 Å². The first-order chi connectivity index (χ1) is 11.4. The van der Waals surface area contributed by atoms with Crippen LogP contribution in [0, 0.1) is 0 Å². The van der Waals surface area contributed by atoms with E-state index in [9.17, 15) is 15.0 Å². The van der Waals surface area contributed by atoms with Gasteiger partial charge in [-0.25, -0.2) is 5.43 Å². The first-order valence-electron chi connectivity index (χ1n) is 6.48. The lowest BCUT2D eigenvalue weighted by atomic mass is 10.2. The predicted molar refractivity (Wildman–Crippen MR) is 101 cm³/mol. The Labute approximate surface area is 162 Å². The minimum Gasteiger partial charge on any atom is -0.504 e. The van der Waals surface area contributed by atoms with Crippen LogP contribution in [0.2, 0.25) is 0 Å². The summed E-state index contributed by atoms with van der Waals surface area (Å²) in [5.41, 5.74) is 2.77. The number of benzene rings is 2. The number of phenolic OH excluding ortho intramolecular Hbond substituents is 2. The van der Waals surface area contributed by atoms with Gasteiger partial charge in [0.05, 0.1) is 10.7 Å². The van der Waals surface area contributed by atoms with Crippen molar-refractivity contribution >= 4 is 59.9 Å². The van der Waals surface area contributed by atoms with E-state index in [2.05, 4.69) is 58.3 Å². The number of ether oxygens (including phenoxy) is 1. The summed E-state index contributed by atoms with van der Waals surface area (Å²) in [6.07, 6.45) is 1.32. The van der Waals surface area contributed by atoms with Crippen molar-refractivity contribution < 1.29 is 19.7 Å². The SMILES string of the molecule is O=C(COc1cccc(Br)c1)N/N=C\c1cc(O)c(O)c(Br)c1Br. The average Bonchev–Trinajstić information content (AvgIpc) is 2.55. The third kappa shape index (κ3) is 4.96. The Bertz CT molecular complexity index is 797. The zero-order valence-electron chi connectivity index (χ0n) is 12.0.